The molecule has 0 aliphatic rings. The van der Waals surface area contributed by atoms with Crippen molar-refractivity contribution in [3.63, 3.8) is 0 Å². The van der Waals surface area contributed by atoms with Gasteiger partial charge in [0.05, 0.1) is 6.26 Å². The minimum atomic E-state index is -0.172. The van der Waals surface area contributed by atoms with E-state index in [9.17, 15) is 4.79 Å². The normalized spacial score (nSPS) is 10.1. The molecule has 0 atom stereocenters. The van der Waals surface area contributed by atoms with E-state index in [4.69, 9.17) is 4.42 Å². The molecule has 3 nitrogen and oxygen atoms in total. The molecule has 0 radical (unpaired) electrons. The van der Waals surface area contributed by atoms with Crippen molar-refractivity contribution in [3.8, 4) is 0 Å². The predicted octanol–water partition coefficient (Wildman–Crippen LogP) is 2.24. The monoisotopic (exact) mass is 201 g/mol. The van der Waals surface area contributed by atoms with Gasteiger partial charge in [-0.2, -0.15) is 0 Å². The molecule has 0 saturated carbocycles. The summed E-state index contributed by atoms with van der Waals surface area (Å²) in [5.74, 6) is -0.172. The van der Waals surface area contributed by atoms with Crippen LogP contribution in [0.25, 0.3) is 11.0 Å². The average molecular weight is 201 g/mol. The van der Waals surface area contributed by atoms with Crippen molar-refractivity contribution in [2.24, 2.45) is 0 Å². The first-order valence-electron chi connectivity index (χ1n) is 4.66. The fraction of sp³-hybridized carbons (Fsp3) is 0.0833. The summed E-state index contributed by atoms with van der Waals surface area (Å²) in [6.07, 6.45) is 2.90. The van der Waals surface area contributed by atoms with Crippen LogP contribution in [-0.2, 0) is 11.3 Å². The van der Waals surface area contributed by atoms with Crippen LogP contribution in [0.4, 0.5) is 0 Å². The fourth-order valence-electron chi connectivity index (χ4n) is 1.37. The highest BCUT2D eigenvalue weighted by molar-refractivity contribution is 5.86. The minimum absolute atomic E-state index is 0.172. The lowest BCUT2D eigenvalue weighted by atomic mass is 10.2. The van der Waals surface area contributed by atoms with Crippen LogP contribution in [0.2, 0.25) is 0 Å². The molecule has 0 saturated heterocycles. The van der Waals surface area contributed by atoms with Gasteiger partial charge in [0.2, 0.25) is 5.91 Å². The SMILES string of the molecule is C=CC(=O)NCc1ccc2ccoc2c1. The van der Waals surface area contributed by atoms with E-state index in [2.05, 4.69) is 11.9 Å². The molecule has 15 heavy (non-hydrogen) atoms. The second-order valence-electron chi connectivity index (χ2n) is 3.21. The number of hydrogen-bond donors (Lipinski definition) is 1. The first-order valence-corrected chi connectivity index (χ1v) is 4.66. The third-order valence-electron chi connectivity index (χ3n) is 2.17. The van der Waals surface area contributed by atoms with E-state index in [1.807, 2.05) is 24.3 Å². The number of fused-ring (bicyclic) bond motifs is 1. The van der Waals surface area contributed by atoms with E-state index >= 15 is 0 Å². The van der Waals surface area contributed by atoms with Gasteiger partial charge in [-0.15, -0.1) is 0 Å². The van der Waals surface area contributed by atoms with Gasteiger partial charge in [-0.3, -0.25) is 4.79 Å². The predicted molar refractivity (Wildman–Crippen MR) is 58.3 cm³/mol. The number of carbonyl (C=O) groups is 1. The Balaban J connectivity index is 2.14. The third-order valence-corrected chi connectivity index (χ3v) is 2.17. The van der Waals surface area contributed by atoms with Crippen molar-refractivity contribution in [2.75, 3.05) is 0 Å². The van der Waals surface area contributed by atoms with Gasteiger partial charge < -0.3 is 9.73 Å². The Hall–Kier alpha value is -2.03. The van der Waals surface area contributed by atoms with Gasteiger partial charge in [0.1, 0.15) is 5.58 Å². The summed E-state index contributed by atoms with van der Waals surface area (Å²) in [7, 11) is 0. The highest BCUT2D eigenvalue weighted by Crippen LogP contribution is 2.16. The Morgan fingerprint density at radius 1 is 1.47 bits per heavy atom. The van der Waals surface area contributed by atoms with E-state index in [0.717, 1.165) is 16.5 Å². The Bertz CT molecular complexity index is 499. The van der Waals surface area contributed by atoms with Gasteiger partial charge in [0.15, 0.2) is 0 Å². The molecule has 0 aliphatic heterocycles. The zero-order chi connectivity index (χ0) is 10.7. The minimum Gasteiger partial charge on any atom is -0.464 e. The molecule has 1 amide bonds. The number of furan rings is 1. The lowest BCUT2D eigenvalue weighted by Gasteiger charge is -2.01. The third kappa shape index (κ3) is 2.07. The van der Waals surface area contributed by atoms with E-state index in [1.165, 1.54) is 6.08 Å². The van der Waals surface area contributed by atoms with Crippen molar-refractivity contribution in [1.82, 2.24) is 5.32 Å². The molecular weight excluding hydrogens is 190 g/mol. The second-order valence-corrected chi connectivity index (χ2v) is 3.21. The zero-order valence-electron chi connectivity index (χ0n) is 8.19. The molecule has 76 valence electrons. The fourth-order valence-corrected chi connectivity index (χ4v) is 1.37. The van der Waals surface area contributed by atoms with Crippen molar-refractivity contribution in [2.45, 2.75) is 6.54 Å². The van der Waals surface area contributed by atoms with Crippen LogP contribution < -0.4 is 5.32 Å². The molecule has 0 aliphatic carbocycles. The number of hydrogen-bond acceptors (Lipinski definition) is 2. The molecule has 2 aromatic rings. The Morgan fingerprint density at radius 3 is 3.13 bits per heavy atom. The van der Waals surface area contributed by atoms with E-state index in [1.54, 1.807) is 6.26 Å². The van der Waals surface area contributed by atoms with Crippen LogP contribution in [0.15, 0.2) is 47.6 Å². The number of rotatable bonds is 3. The number of nitrogens with one attached hydrogen (secondary N) is 1. The zero-order valence-corrected chi connectivity index (χ0v) is 8.19. The molecule has 2 rings (SSSR count). The largest absolute Gasteiger partial charge is 0.464 e. The topological polar surface area (TPSA) is 42.2 Å². The lowest BCUT2D eigenvalue weighted by Crippen LogP contribution is -2.19. The van der Waals surface area contributed by atoms with E-state index in [0.29, 0.717) is 6.54 Å². The number of amides is 1. The van der Waals surface area contributed by atoms with Crippen LogP contribution in [0, 0.1) is 0 Å². The molecule has 0 fully saturated rings. The quantitative estimate of drug-likeness (QED) is 0.774. The van der Waals surface area contributed by atoms with Gasteiger partial charge in [0, 0.05) is 11.9 Å². The molecule has 0 spiro atoms. The highest BCUT2D eigenvalue weighted by atomic mass is 16.3. The van der Waals surface area contributed by atoms with Gasteiger partial charge in [-0.25, -0.2) is 0 Å². The van der Waals surface area contributed by atoms with Crippen molar-refractivity contribution in [1.29, 1.82) is 0 Å². The molecule has 1 aromatic carbocycles. The first kappa shape index (κ1) is 9.52. The van der Waals surface area contributed by atoms with Crippen LogP contribution in [0.5, 0.6) is 0 Å². The molecule has 1 aromatic heterocycles. The standard InChI is InChI=1S/C12H11NO2/c1-2-12(14)13-8-9-3-4-10-5-6-15-11(10)7-9/h2-7H,1,8H2,(H,13,14). The molecule has 0 bridgehead atoms. The van der Waals surface area contributed by atoms with Gasteiger partial charge >= 0.3 is 0 Å². The van der Waals surface area contributed by atoms with Crippen LogP contribution in [-0.4, -0.2) is 5.91 Å². The summed E-state index contributed by atoms with van der Waals surface area (Å²) in [6.45, 7) is 3.87. The van der Waals surface area contributed by atoms with Crippen molar-refractivity contribution < 1.29 is 9.21 Å². The molecule has 3 heteroatoms. The Morgan fingerprint density at radius 2 is 2.33 bits per heavy atom. The summed E-state index contributed by atoms with van der Waals surface area (Å²) in [4.78, 5) is 10.9. The average Bonchev–Trinajstić information content (AvgIpc) is 2.72. The summed E-state index contributed by atoms with van der Waals surface area (Å²) in [5, 5.41) is 3.77. The van der Waals surface area contributed by atoms with E-state index in [-0.39, 0.29) is 5.91 Å². The molecule has 1 heterocycles. The van der Waals surface area contributed by atoms with Gasteiger partial charge in [-0.1, -0.05) is 18.7 Å². The molecule has 0 unspecified atom stereocenters. The van der Waals surface area contributed by atoms with Crippen LogP contribution >= 0.6 is 0 Å². The smallest absolute Gasteiger partial charge is 0.243 e. The maximum atomic E-state index is 10.9. The maximum absolute atomic E-state index is 10.9. The second kappa shape index (κ2) is 4.00. The lowest BCUT2D eigenvalue weighted by molar-refractivity contribution is -0.116. The Labute approximate surface area is 87.4 Å². The Kier molecular flexibility index (Phi) is 2.54. The summed E-state index contributed by atoms with van der Waals surface area (Å²) in [5.41, 5.74) is 1.84. The molecule has 1 N–H and O–H groups in total. The number of carbonyl (C=O) groups excluding carboxylic acids is 1. The summed E-state index contributed by atoms with van der Waals surface area (Å²) < 4.78 is 5.26. The highest BCUT2D eigenvalue weighted by Gasteiger charge is 1.99. The number of benzene rings is 1. The van der Waals surface area contributed by atoms with Crippen LogP contribution in [0.3, 0.4) is 0 Å². The molecular formula is C12H11NO2. The first-order chi connectivity index (χ1) is 7.29. The summed E-state index contributed by atoms with van der Waals surface area (Å²) >= 11 is 0. The van der Waals surface area contributed by atoms with E-state index < -0.39 is 0 Å². The van der Waals surface area contributed by atoms with Crippen molar-refractivity contribution in [3.05, 3.63) is 48.7 Å². The summed E-state index contributed by atoms with van der Waals surface area (Å²) in [6, 6.07) is 7.75. The van der Waals surface area contributed by atoms with Gasteiger partial charge in [-0.05, 0) is 23.8 Å². The van der Waals surface area contributed by atoms with Gasteiger partial charge in [0.25, 0.3) is 0 Å². The van der Waals surface area contributed by atoms with Crippen molar-refractivity contribution >= 4 is 16.9 Å². The maximum Gasteiger partial charge on any atom is 0.243 e. The van der Waals surface area contributed by atoms with Crippen LogP contribution in [0.1, 0.15) is 5.56 Å².